The average molecular weight is 324 g/mol. The Bertz CT molecular complexity index is 623. The summed E-state index contributed by atoms with van der Waals surface area (Å²) < 4.78 is 23.6. The predicted molar refractivity (Wildman–Crippen MR) is 86.5 cm³/mol. The van der Waals surface area contributed by atoms with E-state index in [0.29, 0.717) is 12.1 Å². The number of rotatable bonds is 4. The van der Waals surface area contributed by atoms with Crippen LogP contribution in [0.2, 0.25) is 0 Å². The highest BCUT2D eigenvalue weighted by atomic mass is 32.2. The molecule has 1 saturated heterocycles. The molecule has 2 atom stereocenters. The number of sulfone groups is 1. The van der Waals surface area contributed by atoms with Crippen molar-refractivity contribution < 1.29 is 13.2 Å². The van der Waals surface area contributed by atoms with E-state index in [4.69, 9.17) is 5.73 Å². The highest BCUT2D eigenvalue weighted by Crippen LogP contribution is 2.22. The Kier molecular flexibility index (Phi) is 5.24. The van der Waals surface area contributed by atoms with Crippen LogP contribution >= 0.6 is 0 Å². The van der Waals surface area contributed by atoms with E-state index in [1.807, 2.05) is 11.8 Å². The van der Waals surface area contributed by atoms with Crippen LogP contribution in [-0.2, 0) is 9.84 Å². The van der Waals surface area contributed by atoms with E-state index < -0.39 is 9.84 Å². The van der Waals surface area contributed by atoms with Gasteiger partial charge in [-0.1, -0.05) is 6.92 Å². The Morgan fingerprint density at radius 1 is 1.32 bits per heavy atom. The van der Waals surface area contributed by atoms with E-state index >= 15 is 0 Å². The van der Waals surface area contributed by atoms with Gasteiger partial charge in [-0.2, -0.15) is 0 Å². The Morgan fingerprint density at radius 3 is 2.50 bits per heavy atom. The first-order chi connectivity index (χ1) is 10.4. The Hall–Kier alpha value is -1.40. The summed E-state index contributed by atoms with van der Waals surface area (Å²) in [5.74, 6) is -0.0124. The number of hydrogen-bond acceptors (Lipinski definition) is 4. The number of amides is 1. The summed E-state index contributed by atoms with van der Waals surface area (Å²) in [5.41, 5.74) is 6.52. The summed E-state index contributed by atoms with van der Waals surface area (Å²) >= 11 is 0. The fourth-order valence-corrected chi connectivity index (χ4v) is 3.78. The minimum Gasteiger partial charge on any atom is -0.334 e. The molecule has 22 heavy (non-hydrogen) atoms. The van der Waals surface area contributed by atoms with Crippen LogP contribution < -0.4 is 5.73 Å². The lowest BCUT2D eigenvalue weighted by Gasteiger charge is -2.38. The molecule has 1 aliphatic rings. The second kappa shape index (κ2) is 6.79. The molecule has 0 spiro atoms. The lowest BCUT2D eigenvalue weighted by molar-refractivity contribution is 0.0583. The molecule has 0 saturated carbocycles. The maximum absolute atomic E-state index is 12.7. The molecule has 1 aromatic carbocycles. The average Bonchev–Trinajstić information content (AvgIpc) is 2.54. The number of benzene rings is 1. The largest absolute Gasteiger partial charge is 0.334 e. The van der Waals surface area contributed by atoms with Crippen molar-refractivity contribution in [1.29, 1.82) is 0 Å². The van der Waals surface area contributed by atoms with Crippen LogP contribution in [0.15, 0.2) is 29.2 Å². The van der Waals surface area contributed by atoms with Gasteiger partial charge >= 0.3 is 0 Å². The van der Waals surface area contributed by atoms with Gasteiger partial charge in [0.05, 0.1) is 10.6 Å². The molecular formula is C16H24N2O3S. The topological polar surface area (TPSA) is 80.5 Å². The highest BCUT2D eigenvalue weighted by Gasteiger charge is 2.29. The molecule has 5 nitrogen and oxygen atoms in total. The van der Waals surface area contributed by atoms with Crippen LogP contribution in [-0.4, -0.2) is 43.6 Å². The molecule has 1 heterocycles. The van der Waals surface area contributed by atoms with Crippen LogP contribution in [0, 0.1) is 0 Å². The molecule has 0 unspecified atom stereocenters. The van der Waals surface area contributed by atoms with Crippen molar-refractivity contribution in [2.45, 2.75) is 50.1 Å². The number of carbonyl (C=O) groups excluding carboxylic acids is 1. The second-order valence-electron chi connectivity index (χ2n) is 5.85. The molecule has 2 rings (SSSR count). The Balaban J connectivity index is 2.22. The van der Waals surface area contributed by atoms with Crippen molar-refractivity contribution in [2.75, 3.05) is 12.3 Å². The highest BCUT2D eigenvalue weighted by molar-refractivity contribution is 7.91. The summed E-state index contributed by atoms with van der Waals surface area (Å²) in [5, 5.41) is 0. The molecule has 0 aliphatic carbocycles. The molecular weight excluding hydrogens is 300 g/mol. The number of nitrogens with two attached hydrogens (primary N) is 1. The first kappa shape index (κ1) is 17.0. The molecule has 0 aromatic heterocycles. The number of piperidine rings is 1. The molecule has 122 valence electrons. The van der Waals surface area contributed by atoms with Crippen molar-refractivity contribution >= 4 is 15.7 Å². The molecule has 1 amide bonds. The zero-order valence-corrected chi connectivity index (χ0v) is 14.0. The van der Waals surface area contributed by atoms with Gasteiger partial charge in [-0.3, -0.25) is 4.79 Å². The van der Waals surface area contributed by atoms with E-state index in [1.54, 1.807) is 19.1 Å². The number of likely N-dealkylation sites (tertiary alicyclic amines) is 1. The Labute approximate surface area is 132 Å². The first-order valence-corrected chi connectivity index (χ1v) is 9.41. The van der Waals surface area contributed by atoms with E-state index in [1.165, 1.54) is 12.1 Å². The zero-order chi connectivity index (χ0) is 16.3. The lowest BCUT2D eigenvalue weighted by Crippen LogP contribution is -2.51. The van der Waals surface area contributed by atoms with Gasteiger partial charge in [-0.25, -0.2) is 8.42 Å². The fourth-order valence-electron chi connectivity index (χ4n) is 2.89. The van der Waals surface area contributed by atoms with E-state index in [2.05, 4.69) is 0 Å². The lowest BCUT2D eigenvalue weighted by atomic mass is 9.96. The fraction of sp³-hybridized carbons (Fsp3) is 0.562. The van der Waals surface area contributed by atoms with Crippen LogP contribution in [0.25, 0.3) is 0 Å². The number of carbonyl (C=O) groups is 1. The van der Waals surface area contributed by atoms with Crippen LogP contribution in [0.5, 0.6) is 0 Å². The summed E-state index contributed by atoms with van der Waals surface area (Å²) in [4.78, 5) is 14.8. The quantitative estimate of drug-likeness (QED) is 0.916. The summed E-state index contributed by atoms with van der Waals surface area (Å²) in [7, 11) is -3.23. The normalized spacial score (nSPS) is 20.7. The molecule has 1 fully saturated rings. The predicted octanol–water partition coefficient (Wildman–Crippen LogP) is 1.82. The SMILES string of the molecule is CCS(=O)(=O)c1ccc(C(=O)N2CCCC[C@@H]2[C@@H](C)N)cc1. The van der Waals surface area contributed by atoms with Crippen LogP contribution in [0.1, 0.15) is 43.5 Å². The molecule has 0 bridgehead atoms. The minimum atomic E-state index is -3.23. The van der Waals surface area contributed by atoms with Gasteiger partial charge in [0, 0.05) is 24.2 Å². The molecule has 0 radical (unpaired) electrons. The smallest absolute Gasteiger partial charge is 0.254 e. The maximum Gasteiger partial charge on any atom is 0.254 e. The van der Waals surface area contributed by atoms with Gasteiger partial charge in [0.1, 0.15) is 0 Å². The molecule has 6 heteroatoms. The summed E-state index contributed by atoms with van der Waals surface area (Å²) in [6.45, 7) is 4.24. The van der Waals surface area contributed by atoms with Crippen LogP contribution in [0.3, 0.4) is 0 Å². The van der Waals surface area contributed by atoms with Gasteiger partial charge in [0.2, 0.25) is 0 Å². The van der Waals surface area contributed by atoms with Gasteiger partial charge < -0.3 is 10.6 Å². The number of nitrogens with zero attached hydrogens (tertiary/aromatic N) is 1. The second-order valence-corrected chi connectivity index (χ2v) is 8.13. The third-order valence-electron chi connectivity index (χ3n) is 4.26. The van der Waals surface area contributed by atoms with Crippen molar-refractivity contribution in [1.82, 2.24) is 4.90 Å². The van der Waals surface area contributed by atoms with Gasteiger partial charge in [0.25, 0.3) is 5.91 Å². The van der Waals surface area contributed by atoms with E-state index in [0.717, 1.165) is 19.3 Å². The molecule has 1 aromatic rings. The molecule has 2 N–H and O–H groups in total. The summed E-state index contributed by atoms with van der Waals surface area (Å²) in [6, 6.07) is 6.20. The van der Waals surface area contributed by atoms with Gasteiger partial charge in [0.15, 0.2) is 9.84 Å². The van der Waals surface area contributed by atoms with Crippen molar-refractivity contribution in [3.63, 3.8) is 0 Å². The van der Waals surface area contributed by atoms with E-state index in [9.17, 15) is 13.2 Å². The molecule has 1 aliphatic heterocycles. The third-order valence-corrected chi connectivity index (χ3v) is 6.01. The standard InChI is InChI=1S/C16H24N2O3S/c1-3-22(20,21)14-9-7-13(8-10-14)16(19)18-11-5-4-6-15(18)12(2)17/h7-10,12,15H,3-6,11,17H2,1-2H3/t12-,15-/m1/s1. The minimum absolute atomic E-state index is 0.0547. The summed E-state index contributed by atoms with van der Waals surface area (Å²) in [6.07, 6.45) is 2.99. The van der Waals surface area contributed by atoms with Crippen molar-refractivity contribution in [2.24, 2.45) is 5.73 Å². The number of hydrogen-bond donors (Lipinski definition) is 1. The Morgan fingerprint density at radius 2 is 1.95 bits per heavy atom. The van der Waals surface area contributed by atoms with Crippen molar-refractivity contribution in [3.8, 4) is 0 Å². The first-order valence-electron chi connectivity index (χ1n) is 7.76. The zero-order valence-electron chi connectivity index (χ0n) is 13.2. The van der Waals surface area contributed by atoms with E-state index in [-0.39, 0.29) is 28.6 Å². The van der Waals surface area contributed by atoms with Crippen molar-refractivity contribution in [3.05, 3.63) is 29.8 Å². The van der Waals surface area contributed by atoms with Gasteiger partial charge in [-0.05, 0) is 50.5 Å². The van der Waals surface area contributed by atoms with Gasteiger partial charge in [-0.15, -0.1) is 0 Å². The van der Waals surface area contributed by atoms with Crippen LogP contribution in [0.4, 0.5) is 0 Å². The third kappa shape index (κ3) is 3.50. The maximum atomic E-state index is 12.7. The monoisotopic (exact) mass is 324 g/mol.